The van der Waals surface area contributed by atoms with Crippen molar-refractivity contribution < 1.29 is 9.47 Å². The maximum atomic E-state index is 5.37. The molecule has 22 rings (SSSR count). The van der Waals surface area contributed by atoms with Crippen LogP contribution in [0.1, 0.15) is 45.7 Å². The Morgan fingerprint density at radius 2 is 0.418 bits per heavy atom. The van der Waals surface area contributed by atoms with Crippen molar-refractivity contribution in [2.75, 3.05) is 32.2 Å². The molecule has 0 aliphatic rings. The molecule has 0 aliphatic carbocycles. The number of fused-ring (bicyclic) bond motifs is 9. The molecule has 0 saturated carbocycles. The molecule has 10 heteroatoms. The number of anilines is 1. The molecule has 10 nitrogen and oxygen atoms in total. The fourth-order valence-electron chi connectivity index (χ4n) is 18.6. The van der Waals surface area contributed by atoms with Gasteiger partial charge in [0.15, 0.2) is 0 Å². The zero-order valence-electron chi connectivity index (χ0n) is 77.3. The lowest BCUT2D eigenvalue weighted by atomic mass is 9.98. The number of pyridine rings is 4. The molecule has 0 atom stereocenters. The van der Waals surface area contributed by atoms with E-state index >= 15 is 0 Å². The number of benzene rings is 15. The summed E-state index contributed by atoms with van der Waals surface area (Å²) in [5.41, 5.74) is 37.5. The van der Waals surface area contributed by atoms with Crippen LogP contribution >= 0.6 is 0 Å². The largest absolute Gasteiger partial charge is 0.497 e. The zero-order valence-corrected chi connectivity index (χ0v) is 77.3. The van der Waals surface area contributed by atoms with Gasteiger partial charge in [0, 0.05) is 148 Å². The Kier molecular flexibility index (Phi) is 25.7. The first kappa shape index (κ1) is 87.0. The fraction of sp³-hybridized carbons (Fsp3) is 0.113. The van der Waals surface area contributed by atoms with Gasteiger partial charge in [-0.05, 0) is 257 Å². The zero-order chi connectivity index (χ0) is 91.5. The number of methoxy groups -OCH3 is 2. The second-order valence-electron chi connectivity index (χ2n) is 33.9. The highest BCUT2D eigenvalue weighted by atomic mass is 16.5. The summed E-state index contributed by atoms with van der Waals surface area (Å²) in [5.74, 6) is 1.68. The third-order valence-electron chi connectivity index (χ3n) is 25.6. The summed E-state index contributed by atoms with van der Waals surface area (Å²) >= 11 is 0. The molecular formula is C124H106N8O2. The third kappa shape index (κ3) is 18.4. The molecule has 7 aromatic heterocycles. The van der Waals surface area contributed by atoms with Crippen LogP contribution in [0.5, 0.6) is 11.5 Å². The Morgan fingerprint density at radius 1 is 0.201 bits per heavy atom. The number of hydrogen-bond acceptors (Lipinski definition) is 7. The molecule has 0 spiro atoms. The number of aryl methyl sites for hydroxylation is 5. The van der Waals surface area contributed by atoms with Crippen LogP contribution in [0.3, 0.4) is 0 Å². The second kappa shape index (κ2) is 39.6. The van der Waals surface area contributed by atoms with Gasteiger partial charge in [-0.2, -0.15) is 0 Å². The summed E-state index contributed by atoms with van der Waals surface area (Å²) in [7, 11) is 3.38. The highest BCUT2D eigenvalue weighted by Crippen LogP contribution is 2.42. The first-order chi connectivity index (χ1) is 65.9. The fourth-order valence-corrected chi connectivity index (χ4v) is 18.6. The second-order valence-corrected chi connectivity index (χ2v) is 33.9. The van der Waals surface area contributed by atoms with E-state index in [-0.39, 0.29) is 0 Å². The average Bonchev–Trinajstić information content (AvgIpc) is 1.63. The van der Waals surface area contributed by atoms with Gasteiger partial charge in [-0.3, -0.25) is 0 Å². The van der Waals surface area contributed by atoms with E-state index in [1.54, 1.807) is 14.2 Å². The molecule has 0 radical (unpaired) electrons. The highest BCUT2D eigenvalue weighted by molar-refractivity contribution is 6.12. The van der Waals surface area contributed by atoms with Gasteiger partial charge in [0.2, 0.25) is 0 Å². The summed E-state index contributed by atoms with van der Waals surface area (Å²) in [6, 6.07) is 148. The molecule has 22 aromatic rings. The first-order valence-corrected chi connectivity index (χ1v) is 46.5. The summed E-state index contributed by atoms with van der Waals surface area (Å²) in [5, 5.41) is 7.74. The van der Waals surface area contributed by atoms with Crippen LogP contribution in [0.4, 0.5) is 5.69 Å². The minimum absolute atomic E-state index is 0.839. The van der Waals surface area contributed by atoms with Crippen molar-refractivity contribution in [2.45, 2.75) is 68.1 Å². The minimum Gasteiger partial charge on any atom is -0.497 e. The van der Waals surface area contributed by atoms with Crippen molar-refractivity contribution in [2.24, 2.45) is 0 Å². The van der Waals surface area contributed by atoms with E-state index in [4.69, 9.17) is 29.4 Å². The van der Waals surface area contributed by atoms with Crippen LogP contribution in [-0.4, -0.2) is 60.9 Å². The molecule has 0 bridgehead atoms. The normalized spacial score (nSPS) is 11.2. The summed E-state index contributed by atoms with van der Waals surface area (Å²) in [6.07, 6.45) is 0. The standard InChI is InChI=1S/C33H28N2O.C32H26N2O.C31H24N2.C28H28N2/c1-4-35-32-8-6-5-7-28(32)29-19-25(15-18-33(29)35)26-20-30(23-11-9-22(2)10-12-23)34-31(21-26)24-13-16-27(36-3)17-14-24;1-3-34-31-12-8-7-11-27(31)28-19-24(15-18-32(28)34)25-20-29(22-9-5-4-6-10-22)33-30(21-25)23-13-16-26(35-2)17-14-23;1-2-33-30-16-10-9-15-26(30)27-19-24(17-18-31(27)33)25-20-28(22-11-5-3-6-12-22)32-29(21-25)23-13-7-4-8-14-23;1-4-30(5-2)26-17-15-22(16-18-26)25-19-27(23-9-7-6-8-10-23)29-28(20-25)24-13-11-21(3)12-14-24/h5-21H,4H2,1-3H3;4-21H,3H2,1-2H3;3-21H,2H2,1H3;6-20H,4-5H2,1-3H3. The molecular weight excluding hydrogens is 1630 g/mol. The maximum Gasteiger partial charge on any atom is 0.118 e. The smallest absolute Gasteiger partial charge is 0.118 e. The lowest BCUT2D eigenvalue weighted by Crippen LogP contribution is -2.21. The van der Waals surface area contributed by atoms with Crippen LogP contribution in [-0.2, 0) is 19.6 Å². The van der Waals surface area contributed by atoms with Crippen molar-refractivity contribution in [3.63, 3.8) is 0 Å². The molecule has 0 unspecified atom stereocenters. The SMILES string of the molecule is CCN(CC)c1ccc(-c2cc(-c3ccccc3)nc(-c3ccc(C)cc3)c2)cc1.CCn1c2ccccc2c2cc(-c3cc(-c4ccc(C)cc4)nc(-c4ccc(OC)cc4)c3)ccc21.CCn1c2ccccc2c2cc(-c3cc(-c4ccccc4)nc(-c4ccc(OC)cc4)c3)ccc21.CCn1c2ccccc2c2cc(-c3cc(-c4ccccc4)nc(-c4ccccc4)c3)ccc21. The van der Waals surface area contributed by atoms with Gasteiger partial charge in [-0.15, -0.1) is 0 Å². The monoisotopic (exact) mass is 1740 g/mol. The Morgan fingerprint density at radius 3 is 0.672 bits per heavy atom. The molecule has 0 saturated heterocycles. The van der Waals surface area contributed by atoms with Gasteiger partial charge in [0.05, 0.1) is 59.8 Å². The quantitative estimate of drug-likeness (QED) is 0.0751. The number of para-hydroxylation sites is 3. The predicted molar refractivity (Wildman–Crippen MR) is 564 cm³/mol. The van der Waals surface area contributed by atoms with Crippen LogP contribution in [0.2, 0.25) is 0 Å². The van der Waals surface area contributed by atoms with Gasteiger partial charge in [0.1, 0.15) is 11.5 Å². The lowest BCUT2D eigenvalue weighted by molar-refractivity contribution is 0.415. The van der Waals surface area contributed by atoms with Crippen molar-refractivity contribution in [3.05, 3.63) is 430 Å². The van der Waals surface area contributed by atoms with Crippen LogP contribution in [0.15, 0.2) is 419 Å². The van der Waals surface area contributed by atoms with Crippen molar-refractivity contribution >= 4 is 71.1 Å². The van der Waals surface area contributed by atoms with Crippen molar-refractivity contribution in [1.29, 1.82) is 0 Å². The highest BCUT2D eigenvalue weighted by Gasteiger charge is 2.20. The van der Waals surface area contributed by atoms with Gasteiger partial charge in [-0.1, -0.05) is 266 Å². The first-order valence-electron chi connectivity index (χ1n) is 46.5. The van der Waals surface area contributed by atoms with Crippen molar-refractivity contribution in [1.82, 2.24) is 33.6 Å². The number of rotatable bonds is 20. The van der Waals surface area contributed by atoms with Crippen LogP contribution < -0.4 is 14.4 Å². The number of ether oxygens (including phenoxy) is 2. The molecule has 0 amide bonds. The van der Waals surface area contributed by atoms with E-state index in [1.165, 1.54) is 116 Å². The summed E-state index contributed by atoms with van der Waals surface area (Å²) in [6.45, 7) is 20.1. The van der Waals surface area contributed by atoms with E-state index in [1.807, 2.05) is 48.5 Å². The molecule has 7 heterocycles. The molecule has 0 N–H and O–H groups in total. The van der Waals surface area contributed by atoms with Gasteiger partial charge >= 0.3 is 0 Å². The summed E-state index contributed by atoms with van der Waals surface area (Å²) < 4.78 is 17.9. The third-order valence-corrected chi connectivity index (χ3v) is 25.6. The number of hydrogen-bond donors (Lipinski definition) is 0. The molecule has 0 fully saturated rings. The van der Waals surface area contributed by atoms with Crippen LogP contribution in [0.25, 0.3) is 200 Å². The summed E-state index contributed by atoms with van der Waals surface area (Å²) in [4.78, 5) is 22.5. The molecule has 654 valence electrons. The predicted octanol–water partition coefficient (Wildman–Crippen LogP) is 32.2. The van der Waals surface area contributed by atoms with E-state index in [0.29, 0.717) is 0 Å². The Hall–Kier alpha value is -16.3. The Bertz CT molecular complexity index is 7820. The minimum atomic E-state index is 0.839. The molecule has 15 aromatic carbocycles. The maximum absolute atomic E-state index is 5.37. The van der Waals surface area contributed by atoms with Gasteiger partial charge in [0.25, 0.3) is 0 Å². The molecule has 0 aliphatic heterocycles. The van der Waals surface area contributed by atoms with Gasteiger partial charge < -0.3 is 28.1 Å². The van der Waals surface area contributed by atoms with E-state index in [2.05, 4.69) is 437 Å². The molecule has 134 heavy (non-hydrogen) atoms. The number of nitrogens with zero attached hydrogens (tertiary/aromatic N) is 8. The topological polar surface area (TPSA) is 88.0 Å². The average molecular weight is 1740 g/mol. The van der Waals surface area contributed by atoms with E-state index in [9.17, 15) is 0 Å². The van der Waals surface area contributed by atoms with E-state index < -0.39 is 0 Å². The van der Waals surface area contributed by atoms with Crippen LogP contribution in [0, 0.1) is 13.8 Å². The Balaban J connectivity index is 0.000000115. The van der Waals surface area contributed by atoms with E-state index in [0.717, 1.165) is 145 Å². The van der Waals surface area contributed by atoms with Crippen molar-refractivity contribution in [3.8, 4) is 146 Å². The van der Waals surface area contributed by atoms with Gasteiger partial charge in [-0.25, -0.2) is 19.9 Å². The Labute approximate surface area is 785 Å². The lowest BCUT2D eigenvalue weighted by Gasteiger charge is -2.21. The number of aromatic nitrogens is 7.